The van der Waals surface area contributed by atoms with Crippen molar-refractivity contribution in [1.82, 2.24) is 4.98 Å². The molecule has 4 aromatic rings. The number of hydrogen-bond acceptors (Lipinski definition) is 5. The maximum Gasteiger partial charge on any atom is 0.249 e. The molecular formula is C25H18ClN3O3. The van der Waals surface area contributed by atoms with Crippen molar-refractivity contribution in [3.63, 3.8) is 0 Å². The first-order chi connectivity index (χ1) is 15.6. The smallest absolute Gasteiger partial charge is 0.249 e. The van der Waals surface area contributed by atoms with Gasteiger partial charge < -0.3 is 9.73 Å². The minimum Gasteiger partial charge on any atom is -0.441 e. The van der Waals surface area contributed by atoms with Gasteiger partial charge in [-0.25, -0.2) is 4.98 Å². The largest absolute Gasteiger partial charge is 0.441 e. The number of anilines is 1. The molecule has 3 aromatic carbocycles. The molecule has 32 heavy (non-hydrogen) atoms. The Bertz CT molecular complexity index is 1330. The summed E-state index contributed by atoms with van der Waals surface area (Å²) in [4.78, 5) is 29.4. The Morgan fingerprint density at radius 1 is 1.06 bits per heavy atom. The fourth-order valence-electron chi connectivity index (χ4n) is 3.40. The van der Waals surface area contributed by atoms with Crippen molar-refractivity contribution in [3.05, 3.63) is 83.8 Å². The summed E-state index contributed by atoms with van der Waals surface area (Å²) >= 11 is 6.17. The highest BCUT2D eigenvalue weighted by molar-refractivity contribution is 6.33. The topological polar surface area (TPSA) is 96.0 Å². The van der Waals surface area contributed by atoms with E-state index in [2.05, 4.69) is 10.3 Å². The molecule has 1 atom stereocenters. The third-order valence-electron chi connectivity index (χ3n) is 5.04. The molecule has 0 radical (unpaired) electrons. The summed E-state index contributed by atoms with van der Waals surface area (Å²) in [6.45, 7) is 0. The molecule has 0 saturated carbocycles. The van der Waals surface area contributed by atoms with Crippen LogP contribution in [0.15, 0.2) is 77.3 Å². The number of hydrogen-bond donors (Lipinski definition) is 1. The Labute approximate surface area is 189 Å². The van der Waals surface area contributed by atoms with Crippen molar-refractivity contribution in [3.8, 4) is 17.4 Å². The van der Waals surface area contributed by atoms with Crippen LogP contribution in [0.5, 0.6) is 0 Å². The monoisotopic (exact) mass is 443 g/mol. The zero-order chi connectivity index (χ0) is 22.5. The number of aryl methyl sites for hydroxylation is 1. The number of carbonyl (C=O) groups excluding carboxylic acids is 2. The van der Waals surface area contributed by atoms with Gasteiger partial charge in [0.2, 0.25) is 5.91 Å². The van der Waals surface area contributed by atoms with Crippen LogP contribution in [0.1, 0.15) is 12.3 Å². The molecule has 0 fully saturated rings. The number of oxazole rings is 1. The minimum absolute atomic E-state index is 0.0519. The Balaban J connectivity index is 1.42. The molecule has 1 heterocycles. The number of nitrogens with zero attached hydrogens (tertiary/aromatic N) is 2. The lowest BCUT2D eigenvalue weighted by atomic mass is 10.00. The van der Waals surface area contributed by atoms with Gasteiger partial charge in [-0.3, -0.25) is 9.59 Å². The van der Waals surface area contributed by atoms with Crippen LogP contribution in [-0.4, -0.2) is 16.7 Å². The maximum atomic E-state index is 12.7. The first-order valence-electron chi connectivity index (χ1n) is 9.97. The van der Waals surface area contributed by atoms with Crippen LogP contribution in [0, 0.1) is 17.2 Å². The summed E-state index contributed by atoms with van der Waals surface area (Å²) in [6.07, 6.45) is 1.66. The van der Waals surface area contributed by atoms with Gasteiger partial charge in [-0.15, -0.1) is 0 Å². The third kappa shape index (κ3) is 4.53. The van der Waals surface area contributed by atoms with Crippen molar-refractivity contribution in [1.29, 1.82) is 5.26 Å². The average Bonchev–Trinajstić information content (AvgIpc) is 3.27. The van der Waals surface area contributed by atoms with E-state index in [0.29, 0.717) is 27.9 Å². The highest BCUT2D eigenvalue weighted by Crippen LogP contribution is 2.28. The lowest BCUT2D eigenvalue weighted by Gasteiger charge is -2.11. The Morgan fingerprint density at radius 3 is 2.62 bits per heavy atom. The van der Waals surface area contributed by atoms with E-state index in [4.69, 9.17) is 16.0 Å². The van der Waals surface area contributed by atoms with Crippen molar-refractivity contribution in [2.24, 2.45) is 5.92 Å². The van der Waals surface area contributed by atoms with Crippen LogP contribution in [0.2, 0.25) is 5.02 Å². The Hall–Kier alpha value is -3.95. The van der Waals surface area contributed by atoms with Gasteiger partial charge in [0.05, 0.1) is 17.3 Å². The van der Waals surface area contributed by atoms with Gasteiger partial charge in [-0.05, 0) is 23.6 Å². The van der Waals surface area contributed by atoms with Crippen LogP contribution >= 0.6 is 11.6 Å². The van der Waals surface area contributed by atoms with Crippen LogP contribution in [-0.2, 0) is 16.0 Å². The van der Waals surface area contributed by atoms with Crippen molar-refractivity contribution >= 4 is 39.8 Å². The second-order valence-corrected chi connectivity index (χ2v) is 7.55. The number of rotatable bonds is 7. The van der Waals surface area contributed by atoms with E-state index in [1.54, 1.807) is 24.3 Å². The average molecular weight is 444 g/mol. The van der Waals surface area contributed by atoms with Crippen LogP contribution in [0.4, 0.5) is 5.69 Å². The van der Waals surface area contributed by atoms with E-state index in [1.807, 2.05) is 48.5 Å². The van der Waals surface area contributed by atoms with Crippen LogP contribution in [0.25, 0.3) is 22.1 Å². The first kappa shape index (κ1) is 21.3. The number of amides is 1. The molecule has 1 N–H and O–H groups in total. The van der Waals surface area contributed by atoms with Gasteiger partial charge in [-0.2, -0.15) is 5.26 Å². The lowest BCUT2D eigenvalue weighted by molar-refractivity contribution is -0.128. The fraction of sp³-hybridized carbons (Fsp3) is 0.120. The molecule has 1 amide bonds. The number of aromatic nitrogens is 1. The summed E-state index contributed by atoms with van der Waals surface area (Å²) in [7, 11) is 0. The zero-order valence-corrected chi connectivity index (χ0v) is 17.7. The van der Waals surface area contributed by atoms with Gasteiger partial charge in [0.1, 0.15) is 0 Å². The molecule has 158 valence electrons. The van der Waals surface area contributed by atoms with Crippen molar-refractivity contribution in [2.45, 2.75) is 12.8 Å². The SMILES string of the molecule is N#CC(C(=O)CCc1ncc(-c2ccccc2Cl)o1)C(=O)Nc1cccc2ccccc12. The predicted molar refractivity (Wildman–Crippen MR) is 122 cm³/mol. The molecule has 0 aliphatic carbocycles. The summed E-state index contributed by atoms with van der Waals surface area (Å²) in [5.41, 5.74) is 1.25. The predicted octanol–water partition coefficient (Wildman–Crippen LogP) is 5.43. The van der Waals surface area contributed by atoms with Gasteiger partial charge in [0, 0.05) is 29.5 Å². The molecule has 7 heteroatoms. The lowest BCUT2D eigenvalue weighted by Crippen LogP contribution is -2.29. The van der Waals surface area contributed by atoms with E-state index in [-0.39, 0.29) is 12.8 Å². The van der Waals surface area contributed by atoms with Gasteiger partial charge in [0.15, 0.2) is 23.4 Å². The second kappa shape index (κ2) is 9.46. The summed E-state index contributed by atoms with van der Waals surface area (Å²) < 4.78 is 5.69. The number of nitriles is 1. The van der Waals surface area contributed by atoms with E-state index in [9.17, 15) is 14.9 Å². The highest BCUT2D eigenvalue weighted by atomic mass is 35.5. The molecule has 0 spiro atoms. The normalized spacial score (nSPS) is 11.6. The maximum absolute atomic E-state index is 12.7. The number of carbonyl (C=O) groups is 2. The van der Waals surface area contributed by atoms with E-state index < -0.39 is 17.6 Å². The van der Waals surface area contributed by atoms with Gasteiger partial charge in [0.25, 0.3) is 0 Å². The van der Waals surface area contributed by atoms with E-state index in [1.165, 1.54) is 6.20 Å². The number of ketones is 1. The van der Waals surface area contributed by atoms with Crippen LogP contribution in [0.3, 0.4) is 0 Å². The van der Waals surface area contributed by atoms with Crippen LogP contribution < -0.4 is 5.32 Å². The summed E-state index contributed by atoms with van der Waals surface area (Å²) in [5.74, 6) is -1.75. The summed E-state index contributed by atoms with van der Waals surface area (Å²) in [5, 5.41) is 14.5. The first-order valence-corrected chi connectivity index (χ1v) is 10.3. The highest BCUT2D eigenvalue weighted by Gasteiger charge is 2.27. The number of benzene rings is 3. The third-order valence-corrected chi connectivity index (χ3v) is 5.37. The fourth-order valence-corrected chi connectivity index (χ4v) is 3.63. The minimum atomic E-state index is -1.42. The van der Waals surface area contributed by atoms with Gasteiger partial charge in [-0.1, -0.05) is 60.1 Å². The molecule has 1 aromatic heterocycles. The molecule has 1 unspecified atom stereocenters. The Kier molecular flexibility index (Phi) is 6.29. The Morgan fingerprint density at radius 2 is 1.81 bits per heavy atom. The van der Waals surface area contributed by atoms with Crippen molar-refractivity contribution < 1.29 is 14.0 Å². The molecular weight excluding hydrogens is 426 g/mol. The number of fused-ring (bicyclic) bond motifs is 1. The number of Topliss-reactive ketones (excluding diaryl/α,β-unsaturated/α-hetero) is 1. The second-order valence-electron chi connectivity index (χ2n) is 7.14. The molecule has 6 nitrogen and oxygen atoms in total. The molecule has 0 aliphatic rings. The number of halogens is 1. The van der Waals surface area contributed by atoms with Crippen molar-refractivity contribution in [2.75, 3.05) is 5.32 Å². The molecule has 0 saturated heterocycles. The summed E-state index contributed by atoms with van der Waals surface area (Å²) in [6, 6.07) is 22.0. The molecule has 4 rings (SSSR count). The van der Waals surface area contributed by atoms with E-state index >= 15 is 0 Å². The molecule has 0 bridgehead atoms. The van der Waals surface area contributed by atoms with Gasteiger partial charge >= 0.3 is 0 Å². The standard InChI is InChI=1S/C25H18ClN3O3/c26-20-10-4-3-9-18(20)23-15-28-24(32-23)13-12-22(30)19(14-27)25(31)29-21-11-5-7-16-6-1-2-8-17(16)21/h1-11,15,19H,12-13H2,(H,29,31). The van der Waals surface area contributed by atoms with E-state index in [0.717, 1.165) is 10.8 Å². The zero-order valence-electron chi connectivity index (χ0n) is 16.9. The molecule has 0 aliphatic heterocycles. The number of nitrogens with one attached hydrogen (secondary N) is 1. The quantitative estimate of drug-likeness (QED) is 0.384.